The number of nitrogens with one attached hydrogen (secondary N) is 1. The minimum absolute atomic E-state index is 0.0124. The number of benzene rings is 2. The van der Waals surface area contributed by atoms with E-state index in [4.69, 9.17) is 23.2 Å². The van der Waals surface area contributed by atoms with Crippen molar-refractivity contribution in [3.05, 3.63) is 69.2 Å². The first-order chi connectivity index (χ1) is 10.5. The second-order valence-electron chi connectivity index (χ2n) is 4.59. The van der Waals surface area contributed by atoms with E-state index in [1.807, 2.05) is 6.07 Å². The molecular formula is C17H12Cl2N2O. The van der Waals surface area contributed by atoms with Crippen LogP contribution in [0.5, 0.6) is 0 Å². The van der Waals surface area contributed by atoms with Gasteiger partial charge in [0.05, 0.1) is 0 Å². The number of carbonyl (C=O) groups excluding carboxylic acids is 1. The average Bonchev–Trinajstić information content (AvgIpc) is 2.49. The highest BCUT2D eigenvalue weighted by Crippen LogP contribution is 2.23. The first-order valence-electron chi connectivity index (χ1n) is 6.45. The van der Waals surface area contributed by atoms with Crippen molar-refractivity contribution >= 4 is 40.9 Å². The summed E-state index contributed by atoms with van der Waals surface area (Å²) in [5.74, 6) is -0.493. The lowest BCUT2D eigenvalue weighted by atomic mass is 10.1. The Kier molecular flexibility index (Phi) is 5.21. The summed E-state index contributed by atoms with van der Waals surface area (Å²) in [6.07, 6.45) is 1.49. The third-order valence-corrected chi connectivity index (χ3v) is 3.69. The van der Waals surface area contributed by atoms with Crippen LogP contribution in [-0.2, 0) is 4.79 Å². The van der Waals surface area contributed by atoms with Crippen LogP contribution < -0.4 is 5.32 Å². The molecule has 0 aliphatic carbocycles. The highest BCUT2D eigenvalue weighted by molar-refractivity contribution is 6.32. The highest BCUT2D eigenvalue weighted by Gasteiger charge is 2.11. The van der Waals surface area contributed by atoms with Crippen LogP contribution in [0.15, 0.2) is 48.0 Å². The van der Waals surface area contributed by atoms with Gasteiger partial charge in [0, 0.05) is 15.7 Å². The number of rotatable bonds is 3. The summed E-state index contributed by atoms with van der Waals surface area (Å²) in [5.41, 5.74) is 1.99. The van der Waals surface area contributed by atoms with Gasteiger partial charge in [-0.3, -0.25) is 4.79 Å². The van der Waals surface area contributed by atoms with Crippen LogP contribution in [0.3, 0.4) is 0 Å². The van der Waals surface area contributed by atoms with Crippen molar-refractivity contribution in [1.29, 1.82) is 5.26 Å². The topological polar surface area (TPSA) is 52.9 Å². The molecule has 0 atom stereocenters. The quantitative estimate of drug-likeness (QED) is 0.646. The number of nitriles is 1. The van der Waals surface area contributed by atoms with Crippen molar-refractivity contribution in [3.63, 3.8) is 0 Å². The number of hydrogen-bond acceptors (Lipinski definition) is 2. The number of carbonyl (C=O) groups is 1. The Morgan fingerprint density at radius 3 is 2.64 bits per heavy atom. The third kappa shape index (κ3) is 3.88. The van der Waals surface area contributed by atoms with Gasteiger partial charge in [-0.2, -0.15) is 5.26 Å². The Morgan fingerprint density at radius 1 is 1.23 bits per heavy atom. The van der Waals surface area contributed by atoms with Crippen LogP contribution in [0.4, 0.5) is 5.69 Å². The van der Waals surface area contributed by atoms with E-state index in [0.29, 0.717) is 21.3 Å². The normalized spacial score (nSPS) is 10.9. The van der Waals surface area contributed by atoms with Crippen molar-refractivity contribution in [3.8, 4) is 6.07 Å². The summed E-state index contributed by atoms with van der Waals surface area (Å²) >= 11 is 11.9. The van der Waals surface area contributed by atoms with Crippen LogP contribution >= 0.6 is 23.2 Å². The number of nitrogens with zero attached hydrogens (tertiary/aromatic N) is 1. The maximum Gasteiger partial charge on any atom is 0.266 e. The minimum Gasteiger partial charge on any atom is -0.321 e. The molecule has 2 rings (SSSR count). The highest BCUT2D eigenvalue weighted by atomic mass is 35.5. The van der Waals surface area contributed by atoms with Gasteiger partial charge in [-0.25, -0.2) is 0 Å². The van der Waals surface area contributed by atoms with E-state index in [9.17, 15) is 10.1 Å². The number of anilines is 1. The van der Waals surface area contributed by atoms with Gasteiger partial charge in [0.2, 0.25) is 0 Å². The Morgan fingerprint density at radius 2 is 1.95 bits per heavy atom. The third-order valence-electron chi connectivity index (χ3n) is 3.04. The molecule has 5 heteroatoms. The van der Waals surface area contributed by atoms with Gasteiger partial charge in [0.15, 0.2) is 0 Å². The lowest BCUT2D eigenvalue weighted by Crippen LogP contribution is -2.14. The molecular weight excluding hydrogens is 319 g/mol. The second-order valence-corrected chi connectivity index (χ2v) is 5.43. The van der Waals surface area contributed by atoms with E-state index in [1.165, 1.54) is 6.08 Å². The van der Waals surface area contributed by atoms with Crippen molar-refractivity contribution in [2.24, 2.45) is 0 Å². The maximum absolute atomic E-state index is 12.2. The van der Waals surface area contributed by atoms with E-state index in [-0.39, 0.29) is 5.57 Å². The molecule has 0 fully saturated rings. The smallest absolute Gasteiger partial charge is 0.266 e. The molecule has 2 aromatic carbocycles. The standard InChI is InChI=1S/C17H12Cl2N2O/c1-11-15(19)6-3-7-16(11)21-17(22)13(10-20)8-12-4-2-5-14(18)9-12/h2-9H,1H3,(H,21,22)/b13-8+. The first kappa shape index (κ1) is 16.1. The molecule has 0 aromatic heterocycles. The zero-order valence-electron chi connectivity index (χ0n) is 11.7. The monoisotopic (exact) mass is 330 g/mol. The van der Waals surface area contributed by atoms with Gasteiger partial charge in [0.25, 0.3) is 5.91 Å². The molecule has 2 aromatic rings. The fourth-order valence-electron chi connectivity index (χ4n) is 1.84. The summed E-state index contributed by atoms with van der Waals surface area (Å²) < 4.78 is 0. The molecule has 0 saturated heterocycles. The number of hydrogen-bond donors (Lipinski definition) is 1. The van der Waals surface area contributed by atoms with Gasteiger partial charge in [-0.1, -0.05) is 41.4 Å². The molecule has 0 bridgehead atoms. The summed E-state index contributed by atoms with van der Waals surface area (Å²) in [4.78, 5) is 12.2. The molecule has 0 heterocycles. The Balaban J connectivity index is 2.26. The molecule has 110 valence electrons. The fraction of sp³-hybridized carbons (Fsp3) is 0.0588. The first-order valence-corrected chi connectivity index (χ1v) is 7.20. The van der Waals surface area contributed by atoms with Crippen molar-refractivity contribution in [2.45, 2.75) is 6.92 Å². The van der Waals surface area contributed by atoms with E-state index >= 15 is 0 Å². The molecule has 0 spiro atoms. The van der Waals surface area contributed by atoms with Crippen LogP contribution in [0.25, 0.3) is 6.08 Å². The molecule has 1 N–H and O–H groups in total. The van der Waals surface area contributed by atoms with E-state index < -0.39 is 5.91 Å². The molecule has 1 amide bonds. The minimum atomic E-state index is -0.493. The average molecular weight is 331 g/mol. The summed E-state index contributed by atoms with van der Waals surface area (Å²) in [6, 6.07) is 14.0. The van der Waals surface area contributed by atoms with Crippen molar-refractivity contribution < 1.29 is 4.79 Å². The van der Waals surface area contributed by atoms with Gasteiger partial charge < -0.3 is 5.32 Å². The molecule has 22 heavy (non-hydrogen) atoms. The number of halogens is 2. The van der Waals surface area contributed by atoms with Crippen LogP contribution in [0.2, 0.25) is 10.0 Å². The van der Waals surface area contributed by atoms with Crippen LogP contribution in [0.1, 0.15) is 11.1 Å². The van der Waals surface area contributed by atoms with Crippen LogP contribution in [-0.4, -0.2) is 5.91 Å². The molecule has 0 saturated carbocycles. The lowest BCUT2D eigenvalue weighted by Gasteiger charge is -2.08. The molecule has 0 aliphatic rings. The predicted molar refractivity (Wildman–Crippen MR) is 89.9 cm³/mol. The van der Waals surface area contributed by atoms with Crippen LogP contribution in [0, 0.1) is 18.3 Å². The fourth-order valence-corrected chi connectivity index (χ4v) is 2.22. The van der Waals surface area contributed by atoms with Gasteiger partial charge >= 0.3 is 0 Å². The maximum atomic E-state index is 12.2. The Hall–Kier alpha value is -2.28. The molecule has 3 nitrogen and oxygen atoms in total. The van der Waals surface area contributed by atoms with E-state index in [2.05, 4.69) is 5.32 Å². The van der Waals surface area contributed by atoms with Crippen molar-refractivity contribution in [2.75, 3.05) is 5.32 Å². The lowest BCUT2D eigenvalue weighted by molar-refractivity contribution is -0.112. The SMILES string of the molecule is Cc1c(Cl)cccc1NC(=O)/C(C#N)=C/c1cccc(Cl)c1. The van der Waals surface area contributed by atoms with E-state index in [0.717, 1.165) is 5.56 Å². The summed E-state index contributed by atoms with van der Waals surface area (Å²) in [5, 5.41) is 13.0. The van der Waals surface area contributed by atoms with E-state index in [1.54, 1.807) is 49.4 Å². The zero-order valence-corrected chi connectivity index (χ0v) is 13.2. The summed E-state index contributed by atoms with van der Waals surface area (Å²) in [6.45, 7) is 1.80. The molecule has 0 unspecified atom stereocenters. The molecule has 0 aliphatic heterocycles. The van der Waals surface area contributed by atoms with Gasteiger partial charge in [0.1, 0.15) is 11.6 Å². The Bertz CT molecular complexity index is 791. The van der Waals surface area contributed by atoms with Gasteiger partial charge in [-0.15, -0.1) is 0 Å². The zero-order chi connectivity index (χ0) is 16.1. The Labute approximate surface area is 138 Å². The van der Waals surface area contributed by atoms with Gasteiger partial charge in [-0.05, 0) is 48.4 Å². The second kappa shape index (κ2) is 7.13. The summed E-state index contributed by atoms with van der Waals surface area (Å²) in [7, 11) is 0. The largest absolute Gasteiger partial charge is 0.321 e. The van der Waals surface area contributed by atoms with Crippen molar-refractivity contribution in [1.82, 2.24) is 0 Å². The molecule has 0 radical (unpaired) electrons. The number of amides is 1. The predicted octanol–water partition coefficient (Wildman–Crippen LogP) is 4.85.